The number of para-hydroxylation sites is 1. The van der Waals surface area contributed by atoms with E-state index in [1.807, 2.05) is 19.1 Å². The highest BCUT2D eigenvalue weighted by molar-refractivity contribution is 7.80. The maximum Gasteiger partial charge on any atom is 0.276 e. The van der Waals surface area contributed by atoms with Crippen LogP contribution in [0.15, 0.2) is 66.3 Å². The van der Waals surface area contributed by atoms with E-state index in [-0.39, 0.29) is 16.4 Å². The molecule has 1 saturated heterocycles. The largest absolute Gasteiger partial charge is 0.298 e. The van der Waals surface area contributed by atoms with Crippen molar-refractivity contribution in [2.45, 2.75) is 6.92 Å². The van der Waals surface area contributed by atoms with Gasteiger partial charge in [0.05, 0.1) is 16.2 Å². The highest BCUT2D eigenvalue weighted by Gasteiger charge is 2.34. The van der Waals surface area contributed by atoms with Gasteiger partial charge < -0.3 is 0 Å². The van der Waals surface area contributed by atoms with Crippen LogP contribution in [0.25, 0.3) is 6.08 Å². The summed E-state index contributed by atoms with van der Waals surface area (Å²) in [5.74, 6) is -1.18. The second-order valence-corrected chi connectivity index (χ2v) is 6.38. The van der Waals surface area contributed by atoms with Gasteiger partial charge in [-0.15, -0.1) is 0 Å². The quantitative estimate of drug-likeness (QED) is 0.283. The number of nitrogens with one attached hydrogen (secondary N) is 1. The molecule has 3 rings (SSSR count). The van der Waals surface area contributed by atoms with E-state index >= 15 is 0 Å². The minimum absolute atomic E-state index is 0.00122. The van der Waals surface area contributed by atoms with Gasteiger partial charge in [0.1, 0.15) is 5.57 Å². The molecule has 0 aromatic heterocycles. The van der Waals surface area contributed by atoms with Gasteiger partial charge in [0.25, 0.3) is 17.5 Å². The van der Waals surface area contributed by atoms with E-state index in [9.17, 15) is 19.7 Å². The number of thiocarbonyl (C=S) groups is 1. The number of hydrogen-bond donors (Lipinski definition) is 1. The van der Waals surface area contributed by atoms with E-state index in [1.165, 1.54) is 29.2 Å². The fraction of sp³-hybridized carbons (Fsp3) is 0.0500. The summed E-state index contributed by atoms with van der Waals surface area (Å²) in [6.07, 6.45) is 4.21. The highest BCUT2D eigenvalue weighted by atomic mass is 32.1. The van der Waals surface area contributed by atoms with E-state index in [0.29, 0.717) is 11.3 Å². The Bertz CT molecular complexity index is 1040. The number of aryl methyl sites for hydroxylation is 1. The van der Waals surface area contributed by atoms with Crippen molar-refractivity contribution in [3.8, 4) is 0 Å². The number of anilines is 1. The second-order valence-electron chi connectivity index (χ2n) is 5.99. The van der Waals surface area contributed by atoms with Gasteiger partial charge in [0.15, 0.2) is 5.11 Å². The Morgan fingerprint density at radius 2 is 1.79 bits per heavy atom. The molecule has 1 N–H and O–H groups in total. The summed E-state index contributed by atoms with van der Waals surface area (Å²) < 4.78 is 0. The number of allylic oxidation sites excluding steroid dienone is 2. The molecule has 1 aliphatic heterocycles. The van der Waals surface area contributed by atoms with Gasteiger partial charge in [-0.05, 0) is 49.5 Å². The maximum absolute atomic E-state index is 12.8. The lowest BCUT2D eigenvalue weighted by Crippen LogP contribution is -2.54. The fourth-order valence-electron chi connectivity index (χ4n) is 2.65. The molecule has 28 heavy (non-hydrogen) atoms. The molecular weight excluding hydrogens is 378 g/mol. The van der Waals surface area contributed by atoms with Gasteiger partial charge in [-0.1, -0.05) is 35.9 Å². The molecule has 0 radical (unpaired) electrons. The number of nitro groups is 1. The molecule has 0 spiro atoms. The third-order valence-corrected chi connectivity index (χ3v) is 4.35. The van der Waals surface area contributed by atoms with E-state index in [2.05, 4.69) is 5.32 Å². The zero-order chi connectivity index (χ0) is 20.3. The van der Waals surface area contributed by atoms with Crippen LogP contribution in [0, 0.1) is 17.0 Å². The Labute approximate surface area is 166 Å². The summed E-state index contributed by atoms with van der Waals surface area (Å²) in [6, 6.07) is 13.3. The average Bonchev–Trinajstić information content (AvgIpc) is 2.66. The number of rotatable bonds is 4. The van der Waals surface area contributed by atoms with Crippen LogP contribution in [0.1, 0.15) is 11.1 Å². The number of carbonyl (C=O) groups is 2. The third kappa shape index (κ3) is 3.86. The number of carbonyl (C=O) groups excluding carboxylic acids is 2. The van der Waals surface area contributed by atoms with Crippen molar-refractivity contribution in [1.82, 2.24) is 5.32 Å². The molecule has 0 aliphatic carbocycles. The van der Waals surface area contributed by atoms with Crippen molar-refractivity contribution in [2.24, 2.45) is 0 Å². The van der Waals surface area contributed by atoms with Gasteiger partial charge >= 0.3 is 0 Å². The van der Waals surface area contributed by atoms with Gasteiger partial charge in [-0.3, -0.25) is 29.9 Å². The molecule has 140 valence electrons. The molecule has 0 atom stereocenters. The average molecular weight is 393 g/mol. The topological polar surface area (TPSA) is 92.6 Å². The smallest absolute Gasteiger partial charge is 0.276 e. The lowest BCUT2D eigenvalue weighted by Gasteiger charge is -2.28. The molecule has 2 amide bonds. The summed E-state index contributed by atoms with van der Waals surface area (Å²) >= 11 is 5.14. The van der Waals surface area contributed by atoms with Crippen molar-refractivity contribution >= 4 is 46.6 Å². The van der Waals surface area contributed by atoms with Crippen molar-refractivity contribution in [2.75, 3.05) is 4.90 Å². The first-order valence-electron chi connectivity index (χ1n) is 8.26. The van der Waals surface area contributed by atoms with E-state index in [0.717, 1.165) is 5.56 Å². The first kappa shape index (κ1) is 19.1. The molecule has 1 aliphatic rings. The van der Waals surface area contributed by atoms with Crippen LogP contribution < -0.4 is 10.2 Å². The minimum Gasteiger partial charge on any atom is -0.298 e. The highest BCUT2D eigenvalue weighted by Crippen LogP contribution is 2.22. The minimum atomic E-state index is -0.620. The van der Waals surface area contributed by atoms with E-state index in [4.69, 9.17) is 12.2 Å². The molecule has 2 aromatic rings. The van der Waals surface area contributed by atoms with Crippen molar-refractivity contribution in [3.63, 3.8) is 0 Å². The monoisotopic (exact) mass is 393 g/mol. The van der Waals surface area contributed by atoms with Gasteiger partial charge in [0.2, 0.25) is 0 Å². The van der Waals surface area contributed by atoms with Gasteiger partial charge in [0, 0.05) is 6.07 Å². The molecular formula is C20H15N3O4S. The normalized spacial score (nSPS) is 16.0. The van der Waals surface area contributed by atoms with Crippen molar-refractivity contribution in [1.29, 1.82) is 0 Å². The van der Waals surface area contributed by atoms with Crippen molar-refractivity contribution in [3.05, 3.63) is 87.5 Å². The summed E-state index contributed by atoms with van der Waals surface area (Å²) in [5, 5.41) is 13.6. The van der Waals surface area contributed by atoms with Crippen LogP contribution in [-0.4, -0.2) is 21.9 Å². The Balaban J connectivity index is 1.91. The molecule has 2 aromatic carbocycles. The van der Waals surface area contributed by atoms with Crippen LogP contribution in [0.3, 0.4) is 0 Å². The predicted octanol–water partition coefficient (Wildman–Crippen LogP) is 3.29. The zero-order valence-electron chi connectivity index (χ0n) is 14.8. The standard InChI is InChI=1S/C20H15N3O4S/c1-13-9-11-15(12-10-13)22-19(25)16(18(24)21-20(22)28)7-4-6-14-5-2-3-8-17(14)23(26)27/h2-12H,1H3,(H,21,24,28)/b6-4+,16-7+. The Kier molecular flexibility index (Phi) is 5.42. The molecule has 0 unspecified atom stereocenters. The van der Waals surface area contributed by atoms with Crippen LogP contribution in [0.5, 0.6) is 0 Å². The number of benzene rings is 2. The molecule has 7 nitrogen and oxygen atoms in total. The first-order chi connectivity index (χ1) is 13.4. The Hall–Kier alpha value is -3.65. The summed E-state index contributed by atoms with van der Waals surface area (Å²) in [4.78, 5) is 36.8. The van der Waals surface area contributed by atoms with Gasteiger partial charge in [-0.25, -0.2) is 0 Å². The van der Waals surface area contributed by atoms with Crippen LogP contribution in [0.2, 0.25) is 0 Å². The lowest BCUT2D eigenvalue weighted by atomic mass is 10.1. The van der Waals surface area contributed by atoms with Crippen LogP contribution >= 0.6 is 12.2 Å². The summed E-state index contributed by atoms with van der Waals surface area (Å²) in [6.45, 7) is 1.92. The maximum atomic E-state index is 12.8. The molecule has 0 bridgehead atoms. The van der Waals surface area contributed by atoms with Crippen molar-refractivity contribution < 1.29 is 14.5 Å². The predicted molar refractivity (Wildman–Crippen MR) is 110 cm³/mol. The Morgan fingerprint density at radius 1 is 1.11 bits per heavy atom. The summed E-state index contributed by atoms with van der Waals surface area (Å²) in [5.41, 5.74) is 1.72. The SMILES string of the molecule is Cc1ccc(N2C(=O)/C(=C/C=C/c3ccccc3[N+](=O)[O-])C(=O)NC2=S)cc1. The fourth-order valence-corrected chi connectivity index (χ4v) is 2.93. The third-order valence-electron chi connectivity index (χ3n) is 4.07. The molecule has 0 saturated carbocycles. The number of nitrogens with zero attached hydrogens (tertiary/aromatic N) is 2. The van der Waals surface area contributed by atoms with E-state index in [1.54, 1.807) is 30.3 Å². The first-order valence-corrected chi connectivity index (χ1v) is 8.67. The Morgan fingerprint density at radius 3 is 2.46 bits per heavy atom. The van der Waals surface area contributed by atoms with Crippen LogP contribution in [0.4, 0.5) is 11.4 Å². The lowest BCUT2D eigenvalue weighted by molar-refractivity contribution is -0.385. The molecule has 1 heterocycles. The second kappa shape index (κ2) is 7.93. The number of nitro benzene ring substituents is 1. The summed E-state index contributed by atoms with van der Waals surface area (Å²) in [7, 11) is 0. The number of amides is 2. The zero-order valence-corrected chi connectivity index (χ0v) is 15.6. The molecule has 1 fully saturated rings. The van der Waals surface area contributed by atoms with Gasteiger partial charge in [-0.2, -0.15) is 0 Å². The van der Waals surface area contributed by atoms with E-state index < -0.39 is 16.7 Å². The molecule has 8 heteroatoms. The number of hydrogen-bond acceptors (Lipinski definition) is 5. The van der Waals surface area contributed by atoms with Crippen LogP contribution in [-0.2, 0) is 9.59 Å².